The first-order chi connectivity index (χ1) is 20.1. The fourth-order valence-electron chi connectivity index (χ4n) is 4.74. The summed E-state index contributed by atoms with van der Waals surface area (Å²) in [6.07, 6.45) is 3.68. The van der Waals surface area contributed by atoms with Crippen LogP contribution in [0.3, 0.4) is 0 Å². The number of carbonyl (C=O) groups excluding carboxylic acids is 1. The minimum Gasteiger partial charge on any atom is -0.378 e. The van der Waals surface area contributed by atoms with Gasteiger partial charge in [-0.1, -0.05) is 66.7 Å². The maximum absolute atomic E-state index is 14.0. The van der Waals surface area contributed by atoms with Gasteiger partial charge in [0, 0.05) is 30.4 Å². The SMILES string of the molecule is N#CC(C(=O)N1CCOCC1)=c1sc(=Cc2cn(-c3ccccc3)nc2-c2ccccc2)c(=O)n1-c1ccccc1. The van der Waals surface area contributed by atoms with Crippen LogP contribution in [0.5, 0.6) is 0 Å². The topological polar surface area (TPSA) is 93.2 Å². The molecule has 1 aliphatic heterocycles. The van der Waals surface area contributed by atoms with Gasteiger partial charge in [-0.25, -0.2) is 4.68 Å². The molecule has 6 rings (SSSR count). The van der Waals surface area contributed by atoms with Crippen LogP contribution in [0.1, 0.15) is 5.56 Å². The normalized spacial score (nSPS) is 14.5. The van der Waals surface area contributed by atoms with Crippen LogP contribution in [0.15, 0.2) is 102 Å². The summed E-state index contributed by atoms with van der Waals surface area (Å²) in [5.74, 6) is -0.407. The average molecular weight is 560 g/mol. The van der Waals surface area contributed by atoms with E-state index in [1.807, 2.05) is 85.1 Å². The van der Waals surface area contributed by atoms with Crippen molar-refractivity contribution in [3.8, 4) is 28.7 Å². The summed E-state index contributed by atoms with van der Waals surface area (Å²) in [5, 5.41) is 15.0. The minimum absolute atomic E-state index is 0.0687. The number of benzene rings is 3. The highest BCUT2D eigenvalue weighted by Gasteiger charge is 2.24. The lowest BCUT2D eigenvalue weighted by Crippen LogP contribution is -2.42. The number of amides is 1. The van der Waals surface area contributed by atoms with Gasteiger partial charge in [0.25, 0.3) is 11.5 Å². The molecule has 1 saturated heterocycles. The average Bonchev–Trinajstić information content (AvgIpc) is 3.60. The van der Waals surface area contributed by atoms with Crippen LogP contribution in [0.2, 0.25) is 0 Å². The molecule has 2 aromatic heterocycles. The number of aromatic nitrogens is 3. The number of para-hydroxylation sites is 2. The molecule has 0 atom stereocenters. The quantitative estimate of drug-likeness (QED) is 0.330. The second-order valence-corrected chi connectivity index (χ2v) is 10.4. The summed E-state index contributed by atoms with van der Waals surface area (Å²) >= 11 is 1.13. The van der Waals surface area contributed by atoms with Crippen LogP contribution in [-0.2, 0) is 9.53 Å². The van der Waals surface area contributed by atoms with E-state index >= 15 is 0 Å². The zero-order chi connectivity index (χ0) is 28.2. The smallest absolute Gasteiger partial charge is 0.273 e. The van der Waals surface area contributed by atoms with Crippen molar-refractivity contribution in [2.75, 3.05) is 26.3 Å². The fourth-order valence-corrected chi connectivity index (χ4v) is 5.83. The van der Waals surface area contributed by atoms with E-state index in [2.05, 4.69) is 6.07 Å². The van der Waals surface area contributed by atoms with Gasteiger partial charge >= 0.3 is 0 Å². The summed E-state index contributed by atoms with van der Waals surface area (Å²) < 4.78 is 9.30. The molecule has 0 saturated carbocycles. The molecule has 202 valence electrons. The zero-order valence-corrected chi connectivity index (χ0v) is 22.8. The monoisotopic (exact) mass is 559 g/mol. The molecule has 1 fully saturated rings. The number of thiazole rings is 1. The number of rotatable bonds is 5. The summed E-state index contributed by atoms with van der Waals surface area (Å²) in [5.41, 5.74) is 3.43. The van der Waals surface area contributed by atoms with E-state index in [0.29, 0.717) is 46.9 Å². The van der Waals surface area contributed by atoms with Crippen molar-refractivity contribution < 1.29 is 9.53 Å². The van der Waals surface area contributed by atoms with Crippen molar-refractivity contribution >= 4 is 28.9 Å². The van der Waals surface area contributed by atoms with Gasteiger partial charge in [-0.05, 0) is 30.3 Å². The molecule has 8 nitrogen and oxygen atoms in total. The Hall–Kier alpha value is -5.04. The highest BCUT2D eigenvalue weighted by atomic mass is 32.1. The highest BCUT2D eigenvalue weighted by molar-refractivity contribution is 7.07. The van der Waals surface area contributed by atoms with Gasteiger partial charge < -0.3 is 9.64 Å². The van der Waals surface area contributed by atoms with Crippen molar-refractivity contribution in [2.45, 2.75) is 0 Å². The largest absolute Gasteiger partial charge is 0.378 e. The Balaban J connectivity index is 1.60. The molecule has 1 amide bonds. The van der Waals surface area contributed by atoms with Gasteiger partial charge in [-0.2, -0.15) is 10.4 Å². The Labute approximate surface area is 239 Å². The Kier molecular flexibility index (Phi) is 7.41. The molecule has 41 heavy (non-hydrogen) atoms. The minimum atomic E-state index is -0.407. The predicted octanol–water partition coefficient (Wildman–Crippen LogP) is 3.11. The first-order valence-corrected chi connectivity index (χ1v) is 14.0. The number of ether oxygens (including phenoxy) is 1. The van der Waals surface area contributed by atoms with Gasteiger partial charge in [-0.15, -0.1) is 11.3 Å². The van der Waals surface area contributed by atoms with E-state index in [1.54, 1.807) is 27.8 Å². The van der Waals surface area contributed by atoms with Crippen molar-refractivity contribution in [3.63, 3.8) is 0 Å². The lowest BCUT2D eigenvalue weighted by atomic mass is 10.1. The van der Waals surface area contributed by atoms with Crippen molar-refractivity contribution in [3.05, 3.63) is 122 Å². The van der Waals surface area contributed by atoms with Crippen molar-refractivity contribution in [2.24, 2.45) is 0 Å². The molecule has 5 aromatic rings. The maximum atomic E-state index is 14.0. The molecule has 3 heterocycles. The summed E-state index contributed by atoms with van der Waals surface area (Å²) in [4.78, 5) is 29.1. The van der Waals surface area contributed by atoms with Gasteiger partial charge in [0.2, 0.25) is 0 Å². The van der Waals surface area contributed by atoms with Crippen LogP contribution in [-0.4, -0.2) is 51.5 Å². The molecule has 0 N–H and O–H groups in total. The van der Waals surface area contributed by atoms with Crippen LogP contribution < -0.4 is 14.8 Å². The molecule has 0 unspecified atom stereocenters. The first-order valence-electron chi connectivity index (χ1n) is 13.1. The standard InChI is InChI=1S/C32H25N5O3S/c33-21-27(30(38)35-16-18-40-19-17-35)32-37(26-14-8-3-9-15-26)31(39)28(41-32)20-24-22-36(25-12-6-2-7-13-25)34-29(24)23-10-4-1-5-11-23/h1-15,20,22H,16-19H2. The van der Waals surface area contributed by atoms with Crippen molar-refractivity contribution in [1.29, 1.82) is 5.26 Å². The van der Waals surface area contributed by atoms with Crippen LogP contribution in [0.25, 0.3) is 34.3 Å². The number of hydrogen-bond acceptors (Lipinski definition) is 6. The third-order valence-corrected chi connectivity index (χ3v) is 7.87. The summed E-state index contributed by atoms with van der Waals surface area (Å²) in [7, 11) is 0. The van der Waals surface area contributed by atoms with Gasteiger partial charge in [0.15, 0.2) is 5.57 Å². The van der Waals surface area contributed by atoms with Gasteiger partial charge in [0.1, 0.15) is 10.7 Å². The van der Waals surface area contributed by atoms with Crippen LogP contribution in [0, 0.1) is 11.3 Å². The third kappa shape index (κ3) is 5.26. The molecule has 1 aliphatic rings. The second-order valence-electron chi connectivity index (χ2n) is 9.36. The van der Waals surface area contributed by atoms with Crippen LogP contribution in [0.4, 0.5) is 0 Å². The Bertz CT molecular complexity index is 1910. The fraction of sp³-hybridized carbons (Fsp3) is 0.125. The number of morpholine rings is 1. The van der Waals surface area contributed by atoms with Crippen LogP contribution >= 0.6 is 11.3 Å². The van der Waals surface area contributed by atoms with Gasteiger partial charge in [0.05, 0.1) is 34.8 Å². The number of carbonyl (C=O) groups is 1. The molecule has 0 spiro atoms. The van der Waals surface area contributed by atoms with Gasteiger partial charge in [-0.3, -0.25) is 14.2 Å². The lowest BCUT2D eigenvalue weighted by molar-refractivity contribution is -0.128. The van der Waals surface area contributed by atoms with Crippen molar-refractivity contribution in [1.82, 2.24) is 19.2 Å². The number of hydrogen-bond donors (Lipinski definition) is 0. The van der Waals surface area contributed by atoms with E-state index in [9.17, 15) is 14.9 Å². The first kappa shape index (κ1) is 26.2. The predicted molar refractivity (Wildman–Crippen MR) is 158 cm³/mol. The molecule has 9 heteroatoms. The second kappa shape index (κ2) is 11.6. The van der Waals surface area contributed by atoms with E-state index in [4.69, 9.17) is 9.84 Å². The number of nitrogens with zero attached hydrogens (tertiary/aromatic N) is 5. The molecule has 0 radical (unpaired) electrons. The molecule has 3 aromatic carbocycles. The van der Waals surface area contributed by atoms with E-state index < -0.39 is 5.91 Å². The Morgan fingerprint density at radius 1 is 0.902 bits per heavy atom. The van der Waals surface area contributed by atoms with E-state index in [1.165, 1.54) is 4.57 Å². The van der Waals surface area contributed by atoms with E-state index in [-0.39, 0.29) is 11.1 Å². The Morgan fingerprint density at radius 3 is 2.15 bits per heavy atom. The Morgan fingerprint density at radius 2 is 1.51 bits per heavy atom. The molecule has 0 aliphatic carbocycles. The molecular weight excluding hydrogens is 534 g/mol. The molecule has 0 bridgehead atoms. The molecular formula is C32H25N5O3S. The summed E-state index contributed by atoms with van der Waals surface area (Å²) in [6.45, 7) is 1.60. The third-order valence-electron chi connectivity index (χ3n) is 6.77. The highest BCUT2D eigenvalue weighted by Crippen LogP contribution is 2.24. The van der Waals surface area contributed by atoms with E-state index in [0.717, 1.165) is 28.2 Å². The number of nitriles is 1. The summed E-state index contributed by atoms with van der Waals surface area (Å²) in [6, 6.07) is 30.7. The zero-order valence-electron chi connectivity index (χ0n) is 22.0. The maximum Gasteiger partial charge on any atom is 0.273 e. The lowest BCUT2D eigenvalue weighted by Gasteiger charge is -2.26.